The summed E-state index contributed by atoms with van der Waals surface area (Å²) in [6, 6.07) is 12.2. The van der Waals surface area contributed by atoms with Gasteiger partial charge in [-0.25, -0.2) is 0 Å². The standard InChI is InChI=1S/C15H15N3O4S/c1-11-6-8-15(9-7-11)23(21,22)17-16-12(2)13-4-3-5-14(10-13)18(19)20/h3-10,17H,1-2H3/b16-12-. The van der Waals surface area contributed by atoms with E-state index >= 15 is 0 Å². The average molecular weight is 333 g/mol. The first-order valence-corrected chi connectivity index (χ1v) is 8.15. The second kappa shape index (κ2) is 6.57. The molecule has 0 saturated carbocycles. The van der Waals surface area contributed by atoms with E-state index in [1.54, 1.807) is 25.1 Å². The molecule has 0 saturated heterocycles. The number of hydrogen-bond donors (Lipinski definition) is 1. The molecular formula is C15H15N3O4S. The van der Waals surface area contributed by atoms with Crippen molar-refractivity contribution in [2.24, 2.45) is 5.10 Å². The summed E-state index contributed by atoms with van der Waals surface area (Å²) in [6.45, 7) is 3.42. The predicted octanol–water partition coefficient (Wildman–Crippen LogP) is 2.61. The Kier molecular flexibility index (Phi) is 4.75. The van der Waals surface area contributed by atoms with E-state index in [9.17, 15) is 18.5 Å². The van der Waals surface area contributed by atoms with Crippen LogP contribution in [0.3, 0.4) is 0 Å². The van der Waals surface area contributed by atoms with Gasteiger partial charge >= 0.3 is 0 Å². The zero-order valence-electron chi connectivity index (χ0n) is 12.6. The highest BCUT2D eigenvalue weighted by Gasteiger charge is 2.13. The third-order valence-corrected chi connectivity index (χ3v) is 4.36. The molecule has 23 heavy (non-hydrogen) atoms. The van der Waals surface area contributed by atoms with Crippen LogP contribution >= 0.6 is 0 Å². The molecule has 2 aromatic carbocycles. The van der Waals surface area contributed by atoms with E-state index in [-0.39, 0.29) is 10.6 Å². The maximum absolute atomic E-state index is 12.1. The lowest BCUT2D eigenvalue weighted by Gasteiger charge is -2.06. The van der Waals surface area contributed by atoms with Crippen molar-refractivity contribution < 1.29 is 13.3 Å². The van der Waals surface area contributed by atoms with Crippen LogP contribution in [0.25, 0.3) is 0 Å². The maximum atomic E-state index is 12.1. The van der Waals surface area contributed by atoms with Gasteiger partial charge in [0, 0.05) is 17.7 Å². The van der Waals surface area contributed by atoms with Crippen LogP contribution in [0.2, 0.25) is 0 Å². The molecule has 0 radical (unpaired) electrons. The first-order chi connectivity index (χ1) is 10.8. The van der Waals surface area contributed by atoms with Gasteiger partial charge in [-0.15, -0.1) is 0 Å². The van der Waals surface area contributed by atoms with Crippen LogP contribution in [-0.2, 0) is 10.0 Å². The minimum absolute atomic E-state index is 0.0848. The monoisotopic (exact) mass is 333 g/mol. The summed E-state index contributed by atoms with van der Waals surface area (Å²) in [7, 11) is -3.78. The molecule has 0 aromatic heterocycles. The highest BCUT2D eigenvalue weighted by atomic mass is 32.2. The number of nitro groups is 1. The average Bonchev–Trinajstić information content (AvgIpc) is 2.53. The van der Waals surface area contributed by atoms with Crippen molar-refractivity contribution in [3.63, 3.8) is 0 Å². The number of nitro benzene ring substituents is 1. The predicted molar refractivity (Wildman–Crippen MR) is 86.8 cm³/mol. The Morgan fingerprint density at radius 1 is 1.17 bits per heavy atom. The van der Waals surface area contributed by atoms with Gasteiger partial charge in [0.05, 0.1) is 15.5 Å². The molecule has 1 N–H and O–H groups in total. The molecule has 0 atom stereocenters. The van der Waals surface area contributed by atoms with Crippen LogP contribution < -0.4 is 4.83 Å². The quantitative estimate of drug-likeness (QED) is 0.516. The highest BCUT2D eigenvalue weighted by molar-refractivity contribution is 7.89. The molecule has 0 unspecified atom stereocenters. The molecule has 0 fully saturated rings. The Morgan fingerprint density at radius 2 is 1.83 bits per heavy atom. The third-order valence-electron chi connectivity index (χ3n) is 3.14. The van der Waals surface area contributed by atoms with Crippen molar-refractivity contribution in [2.75, 3.05) is 0 Å². The normalized spacial score (nSPS) is 12.0. The summed E-state index contributed by atoms with van der Waals surface area (Å²) in [5.74, 6) is 0. The van der Waals surface area contributed by atoms with Crippen LogP contribution in [-0.4, -0.2) is 19.1 Å². The molecule has 0 amide bonds. The number of aryl methyl sites for hydroxylation is 1. The smallest absolute Gasteiger partial charge is 0.258 e. The summed E-state index contributed by atoms with van der Waals surface area (Å²) in [5.41, 5.74) is 1.65. The van der Waals surface area contributed by atoms with Crippen LogP contribution in [0.1, 0.15) is 18.1 Å². The minimum atomic E-state index is -3.78. The number of sulfonamides is 1. The number of hydrogen-bond acceptors (Lipinski definition) is 5. The highest BCUT2D eigenvalue weighted by Crippen LogP contribution is 2.14. The number of rotatable bonds is 5. The molecule has 0 aliphatic heterocycles. The van der Waals surface area contributed by atoms with Gasteiger partial charge in [0.15, 0.2) is 0 Å². The van der Waals surface area contributed by atoms with E-state index in [1.165, 1.54) is 30.3 Å². The molecule has 0 aliphatic carbocycles. The van der Waals surface area contributed by atoms with Crippen molar-refractivity contribution in [1.82, 2.24) is 4.83 Å². The fourth-order valence-electron chi connectivity index (χ4n) is 1.81. The van der Waals surface area contributed by atoms with Gasteiger partial charge in [-0.1, -0.05) is 29.8 Å². The Bertz CT molecular complexity index is 859. The van der Waals surface area contributed by atoms with Gasteiger partial charge in [0.25, 0.3) is 15.7 Å². The molecule has 0 bridgehead atoms. The van der Waals surface area contributed by atoms with Crippen molar-refractivity contribution in [2.45, 2.75) is 18.7 Å². The zero-order chi connectivity index (χ0) is 17.0. The van der Waals surface area contributed by atoms with Crippen molar-refractivity contribution >= 4 is 21.4 Å². The Hall–Kier alpha value is -2.74. The van der Waals surface area contributed by atoms with E-state index in [0.29, 0.717) is 11.3 Å². The van der Waals surface area contributed by atoms with E-state index in [4.69, 9.17) is 0 Å². The number of non-ortho nitro benzene ring substituents is 1. The van der Waals surface area contributed by atoms with Crippen LogP contribution in [0.4, 0.5) is 5.69 Å². The molecule has 120 valence electrons. The summed E-state index contributed by atoms with van der Waals surface area (Å²) in [6.07, 6.45) is 0. The summed E-state index contributed by atoms with van der Waals surface area (Å²) in [4.78, 5) is 12.5. The maximum Gasteiger partial charge on any atom is 0.276 e. The second-order valence-corrected chi connectivity index (χ2v) is 6.57. The lowest BCUT2D eigenvalue weighted by molar-refractivity contribution is -0.384. The van der Waals surface area contributed by atoms with Gasteiger partial charge in [-0.2, -0.15) is 18.4 Å². The molecule has 8 heteroatoms. The van der Waals surface area contributed by atoms with Gasteiger partial charge in [-0.3, -0.25) is 10.1 Å². The first-order valence-electron chi connectivity index (χ1n) is 6.67. The molecule has 0 aliphatic rings. The Morgan fingerprint density at radius 3 is 2.43 bits per heavy atom. The molecular weight excluding hydrogens is 318 g/mol. The number of nitrogens with zero attached hydrogens (tertiary/aromatic N) is 2. The molecule has 7 nitrogen and oxygen atoms in total. The molecule has 2 rings (SSSR count). The summed E-state index contributed by atoms with van der Waals surface area (Å²) >= 11 is 0. The van der Waals surface area contributed by atoms with E-state index in [2.05, 4.69) is 9.93 Å². The van der Waals surface area contributed by atoms with Crippen molar-refractivity contribution in [3.8, 4) is 0 Å². The van der Waals surface area contributed by atoms with Gasteiger partial charge in [0.2, 0.25) is 0 Å². The number of nitrogens with one attached hydrogen (secondary N) is 1. The zero-order valence-corrected chi connectivity index (χ0v) is 13.4. The van der Waals surface area contributed by atoms with E-state index in [0.717, 1.165) is 5.56 Å². The second-order valence-electron chi connectivity index (χ2n) is 4.91. The Balaban J connectivity index is 2.23. The summed E-state index contributed by atoms with van der Waals surface area (Å²) < 4.78 is 24.3. The number of hydrazone groups is 1. The van der Waals surface area contributed by atoms with E-state index in [1.807, 2.05) is 6.92 Å². The SMILES string of the molecule is C/C(=N/NS(=O)(=O)c1ccc(C)cc1)c1cccc([N+](=O)[O-])c1. The fourth-order valence-corrected chi connectivity index (χ4v) is 2.66. The third kappa shape index (κ3) is 4.13. The number of benzene rings is 2. The van der Waals surface area contributed by atoms with Gasteiger partial charge < -0.3 is 0 Å². The van der Waals surface area contributed by atoms with Crippen molar-refractivity contribution in [1.29, 1.82) is 0 Å². The lowest BCUT2D eigenvalue weighted by atomic mass is 10.1. The minimum Gasteiger partial charge on any atom is -0.258 e. The topological polar surface area (TPSA) is 102 Å². The summed E-state index contributed by atoms with van der Waals surface area (Å²) in [5, 5.41) is 14.6. The van der Waals surface area contributed by atoms with Gasteiger partial charge in [-0.05, 0) is 26.0 Å². The van der Waals surface area contributed by atoms with Crippen LogP contribution in [0, 0.1) is 17.0 Å². The van der Waals surface area contributed by atoms with E-state index < -0.39 is 14.9 Å². The molecule has 2 aromatic rings. The van der Waals surface area contributed by atoms with Gasteiger partial charge in [0.1, 0.15) is 0 Å². The van der Waals surface area contributed by atoms with Crippen molar-refractivity contribution in [3.05, 3.63) is 69.8 Å². The molecule has 0 spiro atoms. The molecule has 0 heterocycles. The van der Waals surface area contributed by atoms with Crippen LogP contribution in [0.15, 0.2) is 58.5 Å². The largest absolute Gasteiger partial charge is 0.276 e. The van der Waals surface area contributed by atoms with Crippen LogP contribution in [0.5, 0.6) is 0 Å². The Labute approximate surface area is 133 Å². The lowest BCUT2D eigenvalue weighted by Crippen LogP contribution is -2.20. The first kappa shape index (κ1) is 16.6. The fraction of sp³-hybridized carbons (Fsp3) is 0.133.